The summed E-state index contributed by atoms with van der Waals surface area (Å²) in [5, 5.41) is 0. The Morgan fingerprint density at radius 3 is 2.58 bits per heavy atom. The molecule has 1 fully saturated rings. The lowest BCUT2D eigenvalue weighted by molar-refractivity contribution is 0.111. The van der Waals surface area contributed by atoms with Crippen molar-refractivity contribution in [3.8, 4) is 0 Å². The van der Waals surface area contributed by atoms with Crippen LogP contribution in [-0.2, 0) is 4.74 Å². The Balaban J connectivity index is 2.35. The molecule has 1 saturated heterocycles. The zero-order valence-electron chi connectivity index (χ0n) is 8.71. The maximum atomic E-state index is 5.35. The van der Waals surface area contributed by atoms with Gasteiger partial charge in [-0.25, -0.2) is 0 Å². The molecule has 1 aliphatic rings. The van der Waals surface area contributed by atoms with Crippen molar-refractivity contribution < 1.29 is 4.74 Å². The van der Waals surface area contributed by atoms with Gasteiger partial charge in [-0.3, -0.25) is 0 Å². The summed E-state index contributed by atoms with van der Waals surface area (Å²) in [5.74, 6) is 0.799. The molecule has 1 rings (SSSR count). The number of likely N-dealkylation sites (tertiary alicyclic amines) is 1. The summed E-state index contributed by atoms with van der Waals surface area (Å²) in [7, 11) is 4.02. The van der Waals surface area contributed by atoms with E-state index in [1.54, 1.807) is 0 Å². The number of nitrogens with zero attached hydrogens (tertiary/aromatic N) is 1. The van der Waals surface area contributed by atoms with Crippen LogP contribution in [0.15, 0.2) is 0 Å². The van der Waals surface area contributed by atoms with Gasteiger partial charge < -0.3 is 9.64 Å². The second kappa shape index (κ2) is 4.24. The predicted molar refractivity (Wildman–Crippen MR) is 51.3 cm³/mol. The molecule has 0 unspecified atom stereocenters. The summed E-state index contributed by atoms with van der Waals surface area (Å²) in [6.07, 6.45) is 2.99. The van der Waals surface area contributed by atoms with Crippen LogP contribution >= 0.6 is 0 Å². The Labute approximate surface area is 75.9 Å². The van der Waals surface area contributed by atoms with Crippen molar-refractivity contribution in [2.45, 2.75) is 38.8 Å². The van der Waals surface area contributed by atoms with Gasteiger partial charge in [0.2, 0.25) is 0 Å². The van der Waals surface area contributed by atoms with E-state index in [0.29, 0.717) is 6.10 Å². The molecule has 12 heavy (non-hydrogen) atoms. The van der Waals surface area contributed by atoms with E-state index in [9.17, 15) is 0 Å². The molecule has 2 heteroatoms. The fourth-order valence-electron chi connectivity index (χ4n) is 2.02. The van der Waals surface area contributed by atoms with Crippen LogP contribution in [0.1, 0.15) is 26.7 Å². The largest absolute Gasteiger partial charge is 0.380 e. The lowest BCUT2D eigenvalue weighted by Gasteiger charge is -2.20. The molecule has 0 aromatic carbocycles. The Morgan fingerprint density at radius 1 is 1.50 bits per heavy atom. The van der Waals surface area contributed by atoms with Gasteiger partial charge in [0.15, 0.2) is 0 Å². The first-order chi connectivity index (χ1) is 5.63. The second-order valence-electron chi connectivity index (χ2n) is 4.32. The summed E-state index contributed by atoms with van der Waals surface area (Å²) >= 11 is 0. The minimum atomic E-state index is 0.471. The van der Waals surface area contributed by atoms with Gasteiger partial charge in [0.25, 0.3) is 0 Å². The van der Waals surface area contributed by atoms with Crippen molar-refractivity contribution in [2.75, 3.05) is 20.7 Å². The molecule has 72 valence electrons. The minimum absolute atomic E-state index is 0.471. The third-order valence-electron chi connectivity index (χ3n) is 2.73. The van der Waals surface area contributed by atoms with Crippen LogP contribution in [0.4, 0.5) is 0 Å². The zero-order valence-corrected chi connectivity index (χ0v) is 8.71. The molecule has 2 atom stereocenters. The summed E-state index contributed by atoms with van der Waals surface area (Å²) < 4.78 is 5.35. The fraction of sp³-hybridized carbons (Fsp3) is 1.00. The molecule has 1 heterocycles. The van der Waals surface area contributed by atoms with Crippen molar-refractivity contribution in [3.63, 3.8) is 0 Å². The van der Waals surface area contributed by atoms with Gasteiger partial charge in [-0.15, -0.1) is 0 Å². The van der Waals surface area contributed by atoms with Gasteiger partial charge in [-0.05, 0) is 25.8 Å². The predicted octanol–water partition coefficient (Wildman–Crippen LogP) is 1.75. The lowest BCUT2D eigenvalue weighted by Crippen LogP contribution is -2.26. The molecule has 2 nitrogen and oxygen atoms in total. The third kappa shape index (κ3) is 2.46. The molecule has 0 N–H and O–H groups in total. The molecule has 0 spiro atoms. The Hall–Kier alpha value is -0.0800. The van der Waals surface area contributed by atoms with Crippen LogP contribution < -0.4 is 0 Å². The smallest absolute Gasteiger partial charge is 0.0713 e. The summed E-state index contributed by atoms with van der Waals surface area (Å²) in [6.45, 7) is 5.68. The number of hydrogen-bond donors (Lipinski definition) is 0. The first kappa shape index (κ1) is 10.0. The Bertz CT molecular complexity index is 136. The molecule has 0 radical (unpaired) electrons. The van der Waals surface area contributed by atoms with Crippen LogP contribution in [0.3, 0.4) is 0 Å². The highest BCUT2D eigenvalue weighted by atomic mass is 16.5. The highest BCUT2D eigenvalue weighted by Crippen LogP contribution is 2.23. The van der Waals surface area contributed by atoms with E-state index in [4.69, 9.17) is 4.74 Å². The van der Waals surface area contributed by atoms with Gasteiger partial charge >= 0.3 is 0 Å². The van der Waals surface area contributed by atoms with Gasteiger partial charge in [-0.2, -0.15) is 0 Å². The topological polar surface area (TPSA) is 12.5 Å². The van der Waals surface area contributed by atoms with Crippen LogP contribution in [0.5, 0.6) is 0 Å². The maximum Gasteiger partial charge on any atom is 0.0713 e. The molecule has 0 aromatic heterocycles. The summed E-state index contributed by atoms with van der Waals surface area (Å²) in [4.78, 5) is 2.42. The SMILES string of the molecule is CO[C@@H]1C[C@@H](CC(C)C)N(C)C1. The van der Waals surface area contributed by atoms with E-state index < -0.39 is 0 Å². The van der Waals surface area contributed by atoms with Gasteiger partial charge in [0, 0.05) is 19.7 Å². The van der Waals surface area contributed by atoms with E-state index in [1.165, 1.54) is 12.8 Å². The fourth-order valence-corrected chi connectivity index (χ4v) is 2.02. The van der Waals surface area contributed by atoms with Crippen molar-refractivity contribution in [3.05, 3.63) is 0 Å². The zero-order chi connectivity index (χ0) is 9.14. The summed E-state index contributed by atoms with van der Waals surface area (Å²) in [5.41, 5.74) is 0. The normalized spacial score (nSPS) is 31.8. The number of methoxy groups -OCH3 is 1. The Morgan fingerprint density at radius 2 is 2.17 bits per heavy atom. The van der Waals surface area contributed by atoms with Gasteiger partial charge in [0.05, 0.1) is 6.10 Å². The van der Waals surface area contributed by atoms with Crippen LogP contribution in [0.25, 0.3) is 0 Å². The van der Waals surface area contributed by atoms with Gasteiger partial charge in [-0.1, -0.05) is 13.8 Å². The van der Waals surface area contributed by atoms with Crippen LogP contribution in [0.2, 0.25) is 0 Å². The van der Waals surface area contributed by atoms with E-state index in [1.807, 2.05) is 7.11 Å². The van der Waals surface area contributed by atoms with E-state index in [-0.39, 0.29) is 0 Å². The van der Waals surface area contributed by atoms with Crippen molar-refractivity contribution in [1.29, 1.82) is 0 Å². The van der Waals surface area contributed by atoms with Gasteiger partial charge in [0.1, 0.15) is 0 Å². The lowest BCUT2D eigenvalue weighted by atomic mass is 10.0. The van der Waals surface area contributed by atoms with Crippen molar-refractivity contribution in [2.24, 2.45) is 5.92 Å². The molecular weight excluding hydrogens is 150 g/mol. The number of ether oxygens (including phenoxy) is 1. The standard InChI is InChI=1S/C10H21NO/c1-8(2)5-9-6-10(12-4)7-11(9)3/h8-10H,5-7H2,1-4H3/t9-,10-/m1/s1. The van der Waals surface area contributed by atoms with Crippen LogP contribution in [-0.4, -0.2) is 37.7 Å². The first-order valence-corrected chi connectivity index (χ1v) is 4.86. The molecule has 0 aliphatic carbocycles. The molecule has 0 saturated carbocycles. The average Bonchev–Trinajstić information content (AvgIpc) is 2.31. The monoisotopic (exact) mass is 171 g/mol. The van der Waals surface area contributed by atoms with Crippen LogP contribution in [0, 0.1) is 5.92 Å². The quantitative estimate of drug-likeness (QED) is 0.641. The van der Waals surface area contributed by atoms with Crippen molar-refractivity contribution in [1.82, 2.24) is 4.90 Å². The highest BCUT2D eigenvalue weighted by Gasteiger charge is 2.29. The number of hydrogen-bond acceptors (Lipinski definition) is 2. The molecule has 1 aliphatic heterocycles. The first-order valence-electron chi connectivity index (χ1n) is 4.86. The minimum Gasteiger partial charge on any atom is -0.380 e. The average molecular weight is 171 g/mol. The van der Waals surface area contributed by atoms with E-state index >= 15 is 0 Å². The molecule has 0 aromatic rings. The molecule has 0 amide bonds. The second-order valence-corrected chi connectivity index (χ2v) is 4.32. The van der Waals surface area contributed by atoms with Crippen molar-refractivity contribution >= 4 is 0 Å². The maximum absolute atomic E-state index is 5.35. The Kier molecular flexibility index (Phi) is 3.53. The summed E-state index contributed by atoms with van der Waals surface area (Å²) in [6, 6.07) is 0.745. The molecule has 0 bridgehead atoms. The number of rotatable bonds is 3. The van der Waals surface area contributed by atoms with E-state index in [0.717, 1.165) is 18.5 Å². The number of likely N-dealkylation sites (N-methyl/N-ethyl adjacent to an activating group) is 1. The third-order valence-corrected chi connectivity index (χ3v) is 2.73. The molecular formula is C10H21NO. The highest BCUT2D eigenvalue weighted by molar-refractivity contribution is 4.84. The van der Waals surface area contributed by atoms with E-state index in [2.05, 4.69) is 25.8 Å².